The Kier molecular flexibility index (Phi) is 4.53. The first-order valence-electron chi connectivity index (χ1n) is 6.36. The minimum atomic E-state index is -1.13. The van der Waals surface area contributed by atoms with Gasteiger partial charge in [0.15, 0.2) is 0 Å². The molecule has 5 heteroatoms. The zero-order chi connectivity index (χ0) is 14.5. The quantitative estimate of drug-likeness (QED) is 0.881. The van der Waals surface area contributed by atoms with Gasteiger partial charge in [0.2, 0.25) is 0 Å². The number of nitrogens with zero attached hydrogens (tertiary/aromatic N) is 1. The lowest BCUT2D eigenvalue weighted by molar-refractivity contribution is 0.0696. The summed E-state index contributed by atoms with van der Waals surface area (Å²) in [5.41, 5.74) is 0.434. The summed E-state index contributed by atoms with van der Waals surface area (Å²) in [6.07, 6.45) is 1.60. The summed E-state index contributed by atoms with van der Waals surface area (Å²) in [5.74, 6) is -0.810. The second kappa shape index (κ2) is 6.34. The maximum atomic E-state index is 13.9. The van der Waals surface area contributed by atoms with Crippen molar-refractivity contribution in [3.8, 4) is 0 Å². The predicted molar refractivity (Wildman–Crippen MR) is 71.9 cm³/mol. The highest BCUT2D eigenvalue weighted by Gasteiger charge is 2.12. The number of carboxylic acid groups (broad SMARTS) is 1. The van der Waals surface area contributed by atoms with E-state index in [1.54, 1.807) is 6.26 Å². The molecule has 0 unspecified atom stereocenters. The van der Waals surface area contributed by atoms with Crippen molar-refractivity contribution in [2.45, 2.75) is 20.0 Å². The molecule has 2 aromatic rings. The molecule has 20 heavy (non-hydrogen) atoms. The van der Waals surface area contributed by atoms with Crippen molar-refractivity contribution in [2.24, 2.45) is 0 Å². The van der Waals surface area contributed by atoms with Gasteiger partial charge in [-0.05, 0) is 30.8 Å². The number of rotatable bonds is 6. The molecule has 0 amide bonds. The summed E-state index contributed by atoms with van der Waals surface area (Å²) < 4.78 is 19.1. The van der Waals surface area contributed by atoms with Crippen molar-refractivity contribution in [2.75, 3.05) is 6.54 Å². The molecule has 1 aromatic carbocycles. The molecule has 0 saturated carbocycles. The Morgan fingerprint density at radius 1 is 1.35 bits per heavy atom. The molecular formula is C15H16FNO3. The van der Waals surface area contributed by atoms with Crippen LogP contribution in [0.2, 0.25) is 0 Å². The predicted octanol–water partition coefficient (Wildman–Crippen LogP) is 3.14. The zero-order valence-corrected chi connectivity index (χ0v) is 11.2. The fourth-order valence-corrected chi connectivity index (χ4v) is 1.95. The first-order valence-corrected chi connectivity index (χ1v) is 6.36. The van der Waals surface area contributed by atoms with Gasteiger partial charge in [-0.2, -0.15) is 0 Å². The van der Waals surface area contributed by atoms with E-state index in [0.29, 0.717) is 18.7 Å². The highest BCUT2D eigenvalue weighted by molar-refractivity contribution is 5.87. The number of benzene rings is 1. The SMILES string of the molecule is CCN(Cc1ccco1)Cc1ccc(C(=O)O)cc1F. The molecule has 0 aliphatic carbocycles. The minimum Gasteiger partial charge on any atom is -0.478 e. The van der Waals surface area contributed by atoms with Crippen LogP contribution in [0.1, 0.15) is 28.6 Å². The van der Waals surface area contributed by atoms with E-state index >= 15 is 0 Å². The van der Waals surface area contributed by atoms with Crippen molar-refractivity contribution in [1.29, 1.82) is 0 Å². The Balaban J connectivity index is 2.09. The molecular weight excluding hydrogens is 261 g/mol. The zero-order valence-electron chi connectivity index (χ0n) is 11.2. The van der Waals surface area contributed by atoms with Crippen molar-refractivity contribution < 1.29 is 18.7 Å². The minimum absolute atomic E-state index is 0.0414. The molecule has 1 heterocycles. The maximum absolute atomic E-state index is 13.9. The van der Waals surface area contributed by atoms with Crippen molar-refractivity contribution >= 4 is 5.97 Å². The van der Waals surface area contributed by atoms with Crippen LogP contribution in [0.5, 0.6) is 0 Å². The average molecular weight is 277 g/mol. The van der Waals surface area contributed by atoms with E-state index < -0.39 is 11.8 Å². The number of carboxylic acids is 1. The monoisotopic (exact) mass is 277 g/mol. The van der Waals surface area contributed by atoms with Gasteiger partial charge in [0.1, 0.15) is 11.6 Å². The first kappa shape index (κ1) is 14.3. The summed E-state index contributed by atoms with van der Waals surface area (Å²) in [4.78, 5) is 12.8. The van der Waals surface area contributed by atoms with Gasteiger partial charge >= 0.3 is 5.97 Å². The van der Waals surface area contributed by atoms with Crippen molar-refractivity contribution in [3.63, 3.8) is 0 Å². The van der Waals surface area contributed by atoms with Gasteiger partial charge in [-0.1, -0.05) is 13.0 Å². The Bertz CT molecular complexity index is 581. The number of hydrogen-bond acceptors (Lipinski definition) is 3. The van der Waals surface area contributed by atoms with E-state index in [0.717, 1.165) is 18.4 Å². The number of halogens is 1. The Morgan fingerprint density at radius 2 is 2.15 bits per heavy atom. The molecule has 2 rings (SSSR count). The fraction of sp³-hybridized carbons (Fsp3) is 0.267. The molecule has 0 atom stereocenters. The number of hydrogen-bond donors (Lipinski definition) is 1. The molecule has 4 nitrogen and oxygen atoms in total. The Morgan fingerprint density at radius 3 is 2.70 bits per heavy atom. The van der Waals surface area contributed by atoms with E-state index in [9.17, 15) is 9.18 Å². The summed E-state index contributed by atoms with van der Waals surface area (Å²) in [5, 5.41) is 8.81. The molecule has 0 saturated heterocycles. The summed E-state index contributed by atoms with van der Waals surface area (Å²) >= 11 is 0. The molecule has 106 valence electrons. The highest BCUT2D eigenvalue weighted by atomic mass is 19.1. The number of aromatic carboxylic acids is 1. The van der Waals surface area contributed by atoms with Gasteiger partial charge in [0.05, 0.1) is 18.4 Å². The normalized spacial score (nSPS) is 10.9. The number of furan rings is 1. The summed E-state index contributed by atoms with van der Waals surface area (Å²) in [6, 6.07) is 7.67. The van der Waals surface area contributed by atoms with E-state index in [1.165, 1.54) is 12.1 Å². The van der Waals surface area contributed by atoms with E-state index in [4.69, 9.17) is 9.52 Å². The van der Waals surface area contributed by atoms with Crippen LogP contribution >= 0.6 is 0 Å². The van der Waals surface area contributed by atoms with Crippen LogP contribution in [-0.4, -0.2) is 22.5 Å². The lowest BCUT2D eigenvalue weighted by Crippen LogP contribution is -2.22. The Labute approximate surface area is 116 Å². The topological polar surface area (TPSA) is 53.7 Å². The van der Waals surface area contributed by atoms with Crippen LogP contribution in [0.4, 0.5) is 4.39 Å². The van der Waals surface area contributed by atoms with E-state index in [1.807, 2.05) is 24.0 Å². The third kappa shape index (κ3) is 3.45. The summed E-state index contributed by atoms with van der Waals surface area (Å²) in [6.45, 7) is 3.71. The van der Waals surface area contributed by atoms with Gasteiger partial charge in [-0.3, -0.25) is 4.90 Å². The van der Waals surface area contributed by atoms with Gasteiger partial charge in [0, 0.05) is 12.1 Å². The van der Waals surface area contributed by atoms with Gasteiger partial charge < -0.3 is 9.52 Å². The van der Waals surface area contributed by atoms with Crippen LogP contribution in [0.3, 0.4) is 0 Å². The maximum Gasteiger partial charge on any atom is 0.335 e. The van der Waals surface area contributed by atoms with Crippen LogP contribution in [0, 0.1) is 5.82 Å². The summed E-state index contributed by atoms with van der Waals surface area (Å²) in [7, 11) is 0. The standard InChI is InChI=1S/C15H16FNO3/c1-2-17(10-13-4-3-7-20-13)9-12-6-5-11(15(18)19)8-14(12)16/h3-8H,2,9-10H2,1H3,(H,18,19). The second-order valence-electron chi connectivity index (χ2n) is 4.49. The van der Waals surface area contributed by atoms with E-state index in [2.05, 4.69) is 0 Å². The lowest BCUT2D eigenvalue weighted by atomic mass is 10.1. The molecule has 0 aliphatic rings. The molecule has 0 radical (unpaired) electrons. The molecule has 1 aromatic heterocycles. The van der Waals surface area contributed by atoms with Crippen LogP contribution in [0.25, 0.3) is 0 Å². The second-order valence-corrected chi connectivity index (χ2v) is 4.49. The smallest absolute Gasteiger partial charge is 0.335 e. The van der Waals surface area contributed by atoms with Gasteiger partial charge in [-0.15, -0.1) is 0 Å². The van der Waals surface area contributed by atoms with Gasteiger partial charge in [0.25, 0.3) is 0 Å². The molecule has 1 N–H and O–H groups in total. The number of carbonyl (C=O) groups is 1. The van der Waals surface area contributed by atoms with Crippen LogP contribution < -0.4 is 0 Å². The first-order chi connectivity index (χ1) is 9.60. The van der Waals surface area contributed by atoms with Crippen molar-refractivity contribution in [1.82, 2.24) is 4.90 Å². The van der Waals surface area contributed by atoms with Gasteiger partial charge in [-0.25, -0.2) is 9.18 Å². The third-order valence-corrected chi connectivity index (χ3v) is 3.10. The van der Waals surface area contributed by atoms with Crippen molar-refractivity contribution in [3.05, 3.63) is 59.3 Å². The van der Waals surface area contributed by atoms with Crippen LogP contribution in [-0.2, 0) is 13.1 Å². The lowest BCUT2D eigenvalue weighted by Gasteiger charge is -2.19. The Hall–Kier alpha value is -2.14. The molecule has 0 bridgehead atoms. The highest BCUT2D eigenvalue weighted by Crippen LogP contribution is 2.15. The average Bonchev–Trinajstić information content (AvgIpc) is 2.92. The van der Waals surface area contributed by atoms with E-state index in [-0.39, 0.29) is 5.56 Å². The molecule has 0 fully saturated rings. The third-order valence-electron chi connectivity index (χ3n) is 3.10. The fourth-order valence-electron chi connectivity index (χ4n) is 1.95. The van der Waals surface area contributed by atoms with Crippen LogP contribution in [0.15, 0.2) is 41.0 Å². The molecule has 0 aliphatic heterocycles. The largest absolute Gasteiger partial charge is 0.478 e. The molecule has 0 spiro atoms.